The van der Waals surface area contributed by atoms with Gasteiger partial charge in [-0.2, -0.15) is 0 Å². The zero-order valence-electron chi connectivity index (χ0n) is 19.8. The van der Waals surface area contributed by atoms with Crippen LogP contribution in [0.1, 0.15) is 27.5 Å². The Bertz CT molecular complexity index is 1570. The summed E-state index contributed by atoms with van der Waals surface area (Å²) in [5.74, 6) is -1.76. The topological polar surface area (TPSA) is 76.1 Å². The first-order valence-electron chi connectivity index (χ1n) is 12.3. The lowest BCUT2D eigenvalue weighted by Gasteiger charge is -2.35. The molecule has 3 aromatic rings. The molecule has 7 rings (SSSR count). The van der Waals surface area contributed by atoms with Crippen LogP contribution < -0.4 is 14.4 Å². The maximum absolute atomic E-state index is 14.1. The number of fused-ring (bicyclic) bond motifs is 6. The third-order valence-electron chi connectivity index (χ3n) is 7.71. The van der Waals surface area contributed by atoms with Crippen LogP contribution in [0.25, 0.3) is 6.08 Å². The molecule has 2 fully saturated rings. The summed E-state index contributed by atoms with van der Waals surface area (Å²) in [6.45, 7) is 0.807. The monoisotopic (exact) mass is 546 g/mol. The SMILES string of the molecule is O=C(c1ccc(Cl)cc1Cl)C1C2C(=O)N(c3ccc4c(c3)OCCO4)C(=O)C2C2c3ccccc3C=CN12. The molecule has 2 amide bonds. The van der Waals surface area contributed by atoms with E-state index in [0.717, 1.165) is 11.1 Å². The predicted octanol–water partition coefficient (Wildman–Crippen LogP) is 5.16. The van der Waals surface area contributed by atoms with Gasteiger partial charge >= 0.3 is 0 Å². The van der Waals surface area contributed by atoms with E-state index in [1.807, 2.05) is 41.4 Å². The molecule has 2 saturated heterocycles. The lowest BCUT2D eigenvalue weighted by atomic mass is 9.83. The second kappa shape index (κ2) is 8.61. The van der Waals surface area contributed by atoms with E-state index in [4.69, 9.17) is 32.7 Å². The summed E-state index contributed by atoms with van der Waals surface area (Å²) in [6, 6.07) is 16.0. The van der Waals surface area contributed by atoms with Gasteiger partial charge in [0.15, 0.2) is 17.3 Å². The number of nitrogens with zero attached hydrogens (tertiary/aromatic N) is 2. The molecule has 0 radical (unpaired) electrons. The summed E-state index contributed by atoms with van der Waals surface area (Å²) in [4.78, 5) is 45.2. The maximum Gasteiger partial charge on any atom is 0.240 e. The molecule has 0 aromatic heterocycles. The summed E-state index contributed by atoms with van der Waals surface area (Å²) < 4.78 is 11.3. The smallest absolute Gasteiger partial charge is 0.240 e. The van der Waals surface area contributed by atoms with Gasteiger partial charge in [-0.3, -0.25) is 14.4 Å². The Morgan fingerprint density at radius 3 is 2.45 bits per heavy atom. The van der Waals surface area contributed by atoms with Gasteiger partial charge in [0.05, 0.1) is 28.6 Å². The molecule has 0 saturated carbocycles. The fraction of sp³-hybridized carbons (Fsp3) is 0.207. The van der Waals surface area contributed by atoms with Crippen molar-refractivity contribution in [3.63, 3.8) is 0 Å². The number of ether oxygens (including phenoxy) is 2. The molecule has 4 atom stereocenters. The van der Waals surface area contributed by atoms with Crippen LogP contribution in [0.4, 0.5) is 5.69 Å². The van der Waals surface area contributed by atoms with Crippen molar-refractivity contribution in [1.29, 1.82) is 0 Å². The molecule has 0 aliphatic carbocycles. The minimum absolute atomic E-state index is 0.198. The number of ketones is 1. The van der Waals surface area contributed by atoms with E-state index >= 15 is 0 Å². The second-order valence-electron chi connectivity index (χ2n) is 9.66. The number of hydrogen-bond acceptors (Lipinski definition) is 6. The molecule has 3 aromatic carbocycles. The Balaban J connectivity index is 1.36. The van der Waals surface area contributed by atoms with Crippen LogP contribution in [0, 0.1) is 11.8 Å². The molecule has 190 valence electrons. The molecular weight excluding hydrogens is 527 g/mol. The molecule has 4 heterocycles. The third kappa shape index (κ3) is 3.32. The van der Waals surface area contributed by atoms with Crippen LogP contribution in [0.15, 0.2) is 66.9 Å². The minimum Gasteiger partial charge on any atom is -0.486 e. The van der Waals surface area contributed by atoms with Gasteiger partial charge in [-0.25, -0.2) is 4.90 Å². The van der Waals surface area contributed by atoms with E-state index in [1.165, 1.54) is 11.0 Å². The highest BCUT2D eigenvalue weighted by Gasteiger charge is 2.64. The average Bonchev–Trinajstić information content (AvgIpc) is 3.40. The van der Waals surface area contributed by atoms with Gasteiger partial charge in [0, 0.05) is 22.9 Å². The van der Waals surface area contributed by atoms with Crippen molar-refractivity contribution in [1.82, 2.24) is 4.90 Å². The fourth-order valence-electron chi connectivity index (χ4n) is 6.13. The Hall–Kier alpha value is -3.81. The van der Waals surface area contributed by atoms with Crippen LogP contribution in [0.3, 0.4) is 0 Å². The van der Waals surface area contributed by atoms with Crippen LogP contribution in [-0.2, 0) is 9.59 Å². The van der Waals surface area contributed by atoms with Crippen LogP contribution in [-0.4, -0.2) is 41.8 Å². The van der Waals surface area contributed by atoms with Crippen molar-refractivity contribution in [2.24, 2.45) is 11.8 Å². The van der Waals surface area contributed by atoms with E-state index in [2.05, 4.69) is 0 Å². The quantitative estimate of drug-likeness (QED) is 0.333. The van der Waals surface area contributed by atoms with Crippen LogP contribution in [0.2, 0.25) is 10.0 Å². The summed E-state index contributed by atoms with van der Waals surface area (Å²) in [7, 11) is 0. The Labute approximate surface area is 228 Å². The maximum atomic E-state index is 14.1. The van der Waals surface area contributed by atoms with Crippen molar-refractivity contribution in [2.75, 3.05) is 18.1 Å². The third-order valence-corrected chi connectivity index (χ3v) is 8.26. The first-order chi connectivity index (χ1) is 18.4. The van der Waals surface area contributed by atoms with Crippen molar-refractivity contribution < 1.29 is 23.9 Å². The molecule has 0 spiro atoms. The van der Waals surface area contributed by atoms with Gasteiger partial charge in [-0.05, 0) is 47.5 Å². The standard InChI is InChI=1S/C29H20Cl2N2O5/c30-16-5-7-19(20(31)13-16)27(34)26-24-23(25-18-4-2-1-3-15(18)9-10-32(25)26)28(35)33(29(24)36)17-6-8-21-22(14-17)38-12-11-37-21/h1-10,13-14,23-26H,11-12H2. The molecule has 0 N–H and O–H groups in total. The van der Waals surface area contributed by atoms with Gasteiger partial charge in [-0.1, -0.05) is 47.5 Å². The highest BCUT2D eigenvalue weighted by atomic mass is 35.5. The van der Waals surface area contributed by atoms with Gasteiger partial charge < -0.3 is 14.4 Å². The zero-order valence-corrected chi connectivity index (χ0v) is 21.4. The zero-order chi connectivity index (χ0) is 26.1. The van der Waals surface area contributed by atoms with E-state index in [0.29, 0.717) is 35.4 Å². The highest BCUT2D eigenvalue weighted by molar-refractivity contribution is 6.37. The number of carbonyl (C=O) groups is 3. The fourth-order valence-corrected chi connectivity index (χ4v) is 6.63. The van der Waals surface area contributed by atoms with Gasteiger partial charge in [0.2, 0.25) is 11.8 Å². The summed E-state index contributed by atoms with van der Waals surface area (Å²) in [5.41, 5.74) is 2.49. The molecule has 4 unspecified atom stereocenters. The molecule has 4 aliphatic heterocycles. The van der Waals surface area contributed by atoms with E-state index in [-0.39, 0.29) is 22.3 Å². The van der Waals surface area contributed by atoms with Crippen molar-refractivity contribution in [3.8, 4) is 11.5 Å². The number of rotatable bonds is 3. The number of anilines is 1. The first-order valence-corrected chi connectivity index (χ1v) is 13.0. The summed E-state index contributed by atoms with van der Waals surface area (Å²) >= 11 is 12.5. The molecule has 7 nitrogen and oxygen atoms in total. The van der Waals surface area contributed by atoms with Crippen LogP contribution >= 0.6 is 23.2 Å². The van der Waals surface area contributed by atoms with Gasteiger partial charge in [-0.15, -0.1) is 0 Å². The minimum atomic E-state index is -0.924. The number of benzene rings is 3. The second-order valence-corrected chi connectivity index (χ2v) is 10.5. The van der Waals surface area contributed by atoms with E-state index < -0.39 is 29.8 Å². The Morgan fingerprint density at radius 1 is 0.868 bits per heavy atom. The highest BCUT2D eigenvalue weighted by Crippen LogP contribution is 2.54. The molecule has 4 aliphatic rings. The molecular formula is C29H20Cl2N2O5. The van der Waals surface area contributed by atoms with Crippen molar-refractivity contribution in [3.05, 3.63) is 93.6 Å². The van der Waals surface area contributed by atoms with Crippen molar-refractivity contribution >= 4 is 52.6 Å². The molecule has 38 heavy (non-hydrogen) atoms. The first kappa shape index (κ1) is 23.3. The number of halogens is 2. The summed E-state index contributed by atoms with van der Waals surface area (Å²) in [6.07, 6.45) is 3.72. The number of amides is 2. The van der Waals surface area contributed by atoms with E-state index in [1.54, 1.807) is 30.3 Å². The predicted molar refractivity (Wildman–Crippen MR) is 142 cm³/mol. The van der Waals surface area contributed by atoms with Crippen LogP contribution in [0.5, 0.6) is 11.5 Å². The normalized spacial score (nSPS) is 24.8. The Kier molecular flexibility index (Phi) is 5.29. The average molecular weight is 547 g/mol. The number of imide groups is 1. The number of hydrogen-bond donors (Lipinski definition) is 0. The van der Waals surface area contributed by atoms with E-state index in [9.17, 15) is 14.4 Å². The molecule has 0 bridgehead atoms. The molecule has 9 heteroatoms. The Morgan fingerprint density at radius 2 is 1.63 bits per heavy atom. The summed E-state index contributed by atoms with van der Waals surface area (Å²) in [5, 5.41) is 0.599. The van der Waals surface area contributed by atoms with Gasteiger partial charge in [0.1, 0.15) is 19.3 Å². The lowest BCUT2D eigenvalue weighted by molar-refractivity contribution is -0.123. The largest absolute Gasteiger partial charge is 0.486 e. The lowest BCUT2D eigenvalue weighted by Crippen LogP contribution is -2.44. The number of Topliss-reactive ketones (excluding diaryl/α,β-unsaturated/α-hetero) is 1. The number of carbonyl (C=O) groups excluding carboxylic acids is 3. The van der Waals surface area contributed by atoms with Crippen molar-refractivity contribution in [2.45, 2.75) is 12.1 Å². The van der Waals surface area contributed by atoms with Gasteiger partial charge in [0.25, 0.3) is 0 Å².